The molecule has 0 aromatic heterocycles. The minimum absolute atomic E-state index is 0.213. The van der Waals surface area contributed by atoms with E-state index in [1.54, 1.807) is 11.8 Å². The molecule has 0 saturated carbocycles. The van der Waals surface area contributed by atoms with Crippen molar-refractivity contribution in [3.05, 3.63) is 0 Å². The second-order valence-electron chi connectivity index (χ2n) is 3.02. The van der Waals surface area contributed by atoms with Gasteiger partial charge in [-0.2, -0.15) is 0 Å². The highest BCUT2D eigenvalue weighted by Gasteiger charge is 2.22. The van der Waals surface area contributed by atoms with Crippen LogP contribution in [0.2, 0.25) is 0 Å². The van der Waals surface area contributed by atoms with Crippen LogP contribution >= 0.6 is 11.8 Å². The van der Waals surface area contributed by atoms with Gasteiger partial charge in [-0.15, -0.1) is 11.8 Å². The average molecular weight is 190 g/mol. The molecule has 0 rings (SSSR count). The van der Waals surface area contributed by atoms with Gasteiger partial charge in [-0.25, -0.2) is 0 Å². The lowest BCUT2D eigenvalue weighted by atomic mass is 10.1. The van der Waals surface area contributed by atoms with Gasteiger partial charge in [-0.05, 0) is 18.1 Å². The predicted molar refractivity (Wildman–Crippen MR) is 53.6 cm³/mol. The van der Waals surface area contributed by atoms with Gasteiger partial charge in [-0.3, -0.25) is 4.79 Å². The lowest BCUT2D eigenvalue weighted by molar-refractivity contribution is -0.137. The molecule has 2 unspecified atom stereocenters. The van der Waals surface area contributed by atoms with E-state index in [0.29, 0.717) is 0 Å². The maximum Gasteiger partial charge on any atom is 0.316 e. The van der Waals surface area contributed by atoms with Crippen molar-refractivity contribution in [1.29, 1.82) is 0 Å². The van der Waals surface area contributed by atoms with Gasteiger partial charge in [0.15, 0.2) is 0 Å². The van der Waals surface area contributed by atoms with Crippen LogP contribution in [-0.2, 0) is 4.79 Å². The zero-order valence-corrected chi connectivity index (χ0v) is 8.86. The Hall–Kier alpha value is -0.180. The first-order chi connectivity index (χ1) is 5.63. The standard InChI is InChI=1S/C9H18O2S/c1-4-6-12-8(9(10)11)7(3)5-2/h7-8H,4-6H2,1-3H3,(H,10,11). The van der Waals surface area contributed by atoms with Crippen LogP contribution < -0.4 is 0 Å². The summed E-state index contributed by atoms with van der Waals surface area (Å²) in [6, 6.07) is 0. The van der Waals surface area contributed by atoms with Gasteiger partial charge in [0.05, 0.1) is 0 Å². The number of rotatable bonds is 6. The van der Waals surface area contributed by atoms with Crippen LogP contribution in [0.4, 0.5) is 0 Å². The highest BCUT2D eigenvalue weighted by Crippen LogP contribution is 2.22. The number of carboxylic acids is 1. The number of thioether (sulfide) groups is 1. The largest absolute Gasteiger partial charge is 0.480 e. The van der Waals surface area contributed by atoms with Crippen molar-refractivity contribution in [2.45, 2.75) is 38.9 Å². The van der Waals surface area contributed by atoms with Crippen molar-refractivity contribution in [3.8, 4) is 0 Å². The minimum Gasteiger partial charge on any atom is -0.480 e. The Balaban J connectivity index is 3.94. The van der Waals surface area contributed by atoms with Gasteiger partial charge in [0.1, 0.15) is 5.25 Å². The number of aliphatic carboxylic acids is 1. The van der Waals surface area contributed by atoms with Crippen LogP contribution in [0.1, 0.15) is 33.6 Å². The minimum atomic E-state index is -0.664. The number of hydrogen-bond acceptors (Lipinski definition) is 2. The first-order valence-electron chi connectivity index (χ1n) is 4.47. The Bertz CT molecular complexity index is 136. The fraction of sp³-hybridized carbons (Fsp3) is 0.889. The summed E-state index contributed by atoms with van der Waals surface area (Å²) in [5, 5.41) is 8.67. The number of carbonyl (C=O) groups is 1. The first-order valence-corrected chi connectivity index (χ1v) is 5.52. The smallest absolute Gasteiger partial charge is 0.316 e. The van der Waals surface area contributed by atoms with Crippen LogP contribution in [0.25, 0.3) is 0 Å². The molecule has 3 heteroatoms. The number of carboxylic acid groups (broad SMARTS) is 1. The summed E-state index contributed by atoms with van der Waals surface area (Å²) in [5.74, 6) is 0.559. The average Bonchev–Trinajstić information content (AvgIpc) is 2.04. The normalized spacial score (nSPS) is 15.6. The summed E-state index contributed by atoms with van der Waals surface area (Å²) in [7, 11) is 0. The molecule has 2 atom stereocenters. The van der Waals surface area contributed by atoms with Crippen molar-refractivity contribution < 1.29 is 9.90 Å². The van der Waals surface area contributed by atoms with Gasteiger partial charge in [0.2, 0.25) is 0 Å². The number of hydrogen-bond donors (Lipinski definition) is 1. The fourth-order valence-electron chi connectivity index (χ4n) is 0.938. The van der Waals surface area contributed by atoms with E-state index in [-0.39, 0.29) is 11.2 Å². The van der Waals surface area contributed by atoms with E-state index < -0.39 is 5.97 Å². The fourth-order valence-corrected chi connectivity index (χ4v) is 2.09. The molecule has 0 amide bonds. The SMILES string of the molecule is CCCSC(C(=O)O)C(C)CC. The molecule has 0 spiro atoms. The summed E-state index contributed by atoms with van der Waals surface area (Å²) in [5.41, 5.74) is 0. The van der Waals surface area contributed by atoms with Crippen LogP contribution in [0.15, 0.2) is 0 Å². The van der Waals surface area contributed by atoms with Crippen LogP contribution in [0.3, 0.4) is 0 Å². The summed E-state index contributed by atoms with van der Waals surface area (Å²) >= 11 is 1.56. The topological polar surface area (TPSA) is 37.3 Å². The van der Waals surface area contributed by atoms with E-state index in [1.165, 1.54) is 0 Å². The molecular weight excluding hydrogens is 172 g/mol. The third kappa shape index (κ3) is 4.00. The van der Waals surface area contributed by atoms with Gasteiger partial charge in [-0.1, -0.05) is 27.2 Å². The van der Waals surface area contributed by atoms with Crippen LogP contribution in [-0.4, -0.2) is 22.1 Å². The van der Waals surface area contributed by atoms with Gasteiger partial charge in [0.25, 0.3) is 0 Å². The molecule has 12 heavy (non-hydrogen) atoms. The van der Waals surface area contributed by atoms with E-state index in [2.05, 4.69) is 6.92 Å². The molecule has 0 aliphatic rings. The molecule has 0 fully saturated rings. The zero-order valence-electron chi connectivity index (χ0n) is 8.04. The Morgan fingerprint density at radius 3 is 2.42 bits per heavy atom. The van der Waals surface area contributed by atoms with E-state index in [1.807, 2.05) is 13.8 Å². The maximum atomic E-state index is 10.8. The lowest BCUT2D eigenvalue weighted by Crippen LogP contribution is -2.24. The monoisotopic (exact) mass is 190 g/mol. The van der Waals surface area contributed by atoms with Gasteiger partial charge >= 0.3 is 5.97 Å². The highest BCUT2D eigenvalue weighted by molar-refractivity contribution is 8.00. The molecule has 0 bridgehead atoms. The van der Waals surface area contributed by atoms with Crippen LogP contribution in [0, 0.1) is 5.92 Å². The highest BCUT2D eigenvalue weighted by atomic mass is 32.2. The van der Waals surface area contributed by atoms with Crippen molar-refractivity contribution in [3.63, 3.8) is 0 Å². The summed E-state index contributed by atoms with van der Waals surface area (Å²) in [6.07, 6.45) is 1.98. The van der Waals surface area contributed by atoms with Crippen molar-refractivity contribution in [2.24, 2.45) is 5.92 Å². The van der Waals surface area contributed by atoms with Crippen molar-refractivity contribution in [1.82, 2.24) is 0 Å². The summed E-state index contributed by atoms with van der Waals surface area (Å²) in [4.78, 5) is 10.8. The maximum absolute atomic E-state index is 10.8. The second-order valence-corrected chi connectivity index (χ2v) is 4.26. The Morgan fingerprint density at radius 1 is 1.50 bits per heavy atom. The molecule has 1 N–H and O–H groups in total. The van der Waals surface area contributed by atoms with Crippen molar-refractivity contribution in [2.75, 3.05) is 5.75 Å². The third-order valence-electron chi connectivity index (χ3n) is 1.91. The summed E-state index contributed by atoms with van der Waals surface area (Å²) in [6.45, 7) is 6.11. The Kier molecular flexibility index (Phi) is 6.25. The summed E-state index contributed by atoms with van der Waals surface area (Å²) < 4.78 is 0. The van der Waals surface area contributed by atoms with E-state index in [0.717, 1.165) is 18.6 Å². The second kappa shape index (κ2) is 6.35. The molecule has 2 nitrogen and oxygen atoms in total. The molecule has 0 aliphatic heterocycles. The molecule has 72 valence electrons. The third-order valence-corrected chi connectivity index (χ3v) is 3.58. The Labute approximate surface area is 78.7 Å². The van der Waals surface area contributed by atoms with E-state index >= 15 is 0 Å². The molecule has 0 saturated heterocycles. The quantitative estimate of drug-likeness (QED) is 0.699. The van der Waals surface area contributed by atoms with E-state index in [9.17, 15) is 4.79 Å². The molecule has 0 aromatic carbocycles. The molecule has 0 radical (unpaired) electrons. The van der Waals surface area contributed by atoms with Gasteiger partial charge in [0, 0.05) is 0 Å². The molecule has 0 aliphatic carbocycles. The zero-order chi connectivity index (χ0) is 9.56. The van der Waals surface area contributed by atoms with Gasteiger partial charge < -0.3 is 5.11 Å². The van der Waals surface area contributed by atoms with Crippen molar-refractivity contribution >= 4 is 17.7 Å². The Morgan fingerprint density at radius 2 is 2.08 bits per heavy atom. The molecular formula is C9H18O2S. The molecule has 0 heterocycles. The van der Waals surface area contributed by atoms with E-state index in [4.69, 9.17) is 5.11 Å². The molecule has 0 aromatic rings. The predicted octanol–water partition coefficient (Wildman–Crippen LogP) is 2.63. The first kappa shape index (κ1) is 11.8. The van der Waals surface area contributed by atoms with Crippen LogP contribution in [0.5, 0.6) is 0 Å². The lowest BCUT2D eigenvalue weighted by Gasteiger charge is -2.17.